The van der Waals surface area contributed by atoms with E-state index in [9.17, 15) is 0 Å². The molecule has 0 amide bonds. The highest BCUT2D eigenvalue weighted by Crippen LogP contribution is 2.06. The maximum absolute atomic E-state index is 8.96. The van der Waals surface area contributed by atoms with E-state index in [4.69, 9.17) is 22.4 Å². The smallest absolute Gasteiger partial charge is 0.276 e. The van der Waals surface area contributed by atoms with Crippen molar-refractivity contribution in [2.75, 3.05) is 26.3 Å². The summed E-state index contributed by atoms with van der Waals surface area (Å²) in [7, 11) is 0. The van der Waals surface area contributed by atoms with Crippen molar-refractivity contribution >= 4 is 17.3 Å². The zero-order chi connectivity index (χ0) is 11.4. The van der Waals surface area contributed by atoms with Crippen LogP contribution in [-0.2, 0) is 0 Å². The monoisotopic (exact) mass is 266 g/mol. The molecular weight excluding hydrogens is 248 g/mol. The molecule has 0 saturated carbocycles. The van der Waals surface area contributed by atoms with Crippen molar-refractivity contribution in [1.82, 2.24) is 4.90 Å². The number of aliphatic hydroxyl groups excluding tert-OH is 2. The highest BCUT2D eigenvalue weighted by molar-refractivity contribution is 7.79. The van der Waals surface area contributed by atoms with Crippen LogP contribution in [-0.4, -0.2) is 52.6 Å². The predicted octanol–water partition coefficient (Wildman–Crippen LogP) is -4.25. The Morgan fingerprint density at radius 1 is 1.44 bits per heavy atom. The number of nitrogens with one attached hydrogen (secondary N) is 1. The summed E-state index contributed by atoms with van der Waals surface area (Å²) in [5.74, 6) is 0. The second-order valence-electron chi connectivity index (χ2n) is 3.76. The number of β-amino-alcohol motifs (C(OH)–C–C–N with tert-alkyl or cyclic N) is 1. The molecule has 94 valence electrons. The number of allylic oxidation sites excluding steroid dienone is 1. The highest BCUT2D eigenvalue weighted by atomic mass is 35.5. The largest absolute Gasteiger partial charge is 1.00 e. The van der Waals surface area contributed by atoms with Gasteiger partial charge in [-0.1, -0.05) is 0 Å². The Labute approximate surface area is 108 Å². The summed E-state index contributed by atoms with van der Waals surface area (Å²) in [5, 5.41) is 18.7. The number of halogens is 1. The highest BCUT2D eigenvalue weighted by Gasteiger charge is 2.31. The normalized spacial score (nSPS) is 25.1. The van der Waals surface area contributed by atoms with Gasteiger partial charge in [0.1, 0.15) is 12.2 Å². The van der Waals surface area contributed by atoms with E-state index >= 15 is 0 Å². The topological polar surface area (TPSA) is 48.1 Å². The van der Waals surface area contributed by atoms with Crippen LogP contribution in [0.4, 0.5) is 0 Å². The quantitative estimate of drug-likeness (QED) is 0.451. The first-order chi connectivity index (χ1) is 7.11. The number of hydrogen-bond acceptors (Lipinski definition) is 3. The van der Waals surface area contributed by atoms with Crippen LogP contribution in [0.2, 0.25) is 0 Å². The summed E-state index contributed by atoms with van der Waals surface area (Å²) in [6, 6.07) is 0.229. The molecule has 0 aliphatic carbocycles. The Morgan fingerprint density at radius 2 is 2.06 bits per heavy atom. The van der Waals surface area contributed by atoms with E-state index < -0.39 is 0 Å². The number of aliphatic hydroxyl groups is 2. The Hall–Kier alpha value is -0.200. The number of nitrogens with zero attached hydrogens (tertiary/aromatic N) is 1. The second-order valence-corrected chi connectivity index (χ2v) is 4.15. The molecule has 0 aromatic carbocycles. The van der Waals surface area contributed by atoms with Gasteiger partial charge in [-0.25, -0.2) is 4.90 Å². The molecule has 0 aromatic rings. The molecule has 6 heteroatoms. The maximum atomic E-state index is 8.96. The molecule has 4 nitrogen and oxygen atoms in total. The van der Waals surface area contributed by atoms with Gasteiger partial charge in [-0.15, -0.1) is 0 Å². The van der Waals surface area contributed by atoms with Crippen molar-refractivity contribution in [1.29, 1.82) is 0 Å². The maximum Gasteiger partial charge on any atom is 0.276 e. The molecule has 0 radical (unpaired) electrons. The summed E-state index contributed by atoms with van der Waals surface area (Å²) < 4.78 is 0. The SMILES string of the molecule is CC1=CC(C)N(CCO)C(=S)[NH+]1CCO.[Cl-]. The van der Waals surface area contributed by atoms with Crippen LogP contribution in [0.3, 0.4) is 0 Å². The van der Waals surface area contributed by atoms with Crippen LogP contribution >= 0.6 is 12.2 Å². The molecule has 3 N–H and O–H groups in total. The molecule has 1 aliphatic heterocycles. The Kier molecular flexibility index (Phi) is 7.10. The van der Waals surface area contributed by atoms with Crippen molar-refractivity contribution in [2.45, 2.75) is 19.9 Å². The first kappa shape index (κ1) is 15.8. The molecule has 2 atom stereocenters. The van der Waals surface area contributed by atoms with E-state index in [-0.39, 0.29) is 31.7 Å². The zero-order valence-corrected chi connectivity index (χ0v) is 11.2. The summed E-state index contributed by atoms with van der Waals surface area (Å²) in [5.41, 5.74) is 1.15. The van der Waals surface area contributed by atoms with Gasteiger partial charge in [0.25, 0.3) is 5.11 Å². The lowest BCUT2D eigenvalue weighted by atomic mass is 10.2. The molecule has 0 aromatic heterocycles. The third-order valence-electron chi connectivity index (χ3n) is 2.68. The summed E-state index contributed by atoms with van der Waals surface area (Å²) >= 11 is 5.36. The van der Waals surface area contributed by atoms with Crippen molar-refractivity contribution < 1.29 is 27.5 Å². The Bertz CT molecular complexity index is 274. The number of rotatable bonds is 4. The van der Waals surface area contributed by atoms with Crippen LogP contribution in [0.25, 0.3) is 0 Å². The van der Waals surface area contributed by atoms with Crippen LogP contribution in [0, 0.1) is 0 Å². The van der Waals surface area contributed by atoms with E-state index in [0.29, 0.717) is 13.1 Å². The minimum atomic E-state index is 0. The third-order valence-corrected chi connectivity index (χ3v) is 3.16. The van der Waals surface area contributed by atoms with Crippen LogP contribution in [0.1, 0.15) is 13.8 Å². The summed E-state index contributed by atoms with van der Waals surface area (Å²) in [6.45, 7) is 5.44. The fourth-order valence-corrected chi connectivity index (χ4v) is 2.43. The van der Waals surface area contributed by atoms with E-state index in [0.717, 1.165) is 15.7 Å². The van der Waals surface area contributed by atoms with Crippen LogP contribution < -0.4 is 17.3 Å². The van der Waals surface area contributed by atoms with Crippen molar-refractivity contribution in [3.63, 3.8) is 0 Å². The lowest BCUT2D eigenvalue weighted by Crippen LogP contribution is -3.15. The van der Waals surface area contributed by atoms with Gasteiger partial charge in [-0.2, -0.15) is 0 Å². The fourth-order valence-electron chi connectivity index (χ4n) is 1.91. The molecule has 0 saturated heterocycles. The van der Waals surface area contributed by atoms with Gasteiger partial charge in [0, 0.05) is 25.7 Å². The lowest BCUT2D eigenvalue weighted by Gasteiger charge is -2.36. The molecule has 0 bridgehead atoms. The number of thiocarbonyl (C=S) groups is 1. The molecule has 1 rings (SSSR count). The summed E-state index contributed by atoms with van der Waals surface area (Å²) in [6.07, 6.45) is 2.12. The average Bonchev–Trinajstić information content (AvgIpc) is 2.19. The molecule has 16 heavy (non-hydrogen) atoms. The van der Waals surface area contributed by atoms with E-state index in [1.54, 1.807) is 0 Å². The van der Waals surface area contributed by atoms with E-state index in [1.165, 1.54) is 0 Å². The Morgan fingerprint density at radius 3 is 2.56 bits per heavy atom. The summed E-state index contributed by atoms with van der Waals surface area (Å²) in [4.78, 5) is 3.02. The second kappa shape index (κ2) is 7.19. The average molecular weight is 267 g/mol. The van der Waals surface area contributed by atoms with Crippen LogP contribution in [0.5, 0.6) is 0 Å². The van der Waals surface area contributed by atoms with E-state index in [1.807, 2.05) is 11.8 Å². The van der Waals surface area contributed by atoms with Gasteiger partial charge >= 0.3 is 0 Å². The molecule has 0 fully saturated rings. The molecule has 1 heterocycles. The van der Waals surface area contributed by atoms with E-state index in [2.05, 4.69) is 13.0 Å². The van der Waals surface area contributed by atoms with Crippen molar-refractivity contribution in [3.05, 3.63) is 11.8 Å². The number of quaternary nitrogens is 1. The van der Waals surface area contributed by atoms with Gasteiger partial charge in [0.15, 0.2) is 0 Å². The first-order valence-electron chi connectivity index (χ1n) is 5.19. The standard InChI is InChI=1S/C10H18N2O2S.ClH/c1-8-7-9(2)12(4-6-14)10(15)11(8)3-5-13;/h7-8,13-14H,3-6H2,1-2H3;1H. The minimum Gasteiger partial charge on any atom is -1.00 e. The number of hydrogen-bond donors (Lipinski definition) is 3. The van der Waals surface area contributed by atoms with Crippen LogP contribution in [0.15, 0.2) is 11.8 Å². The van der Waals surface area contributed by atoms with Gasteiger partial charge in [-0.3, -0.25) is 0 Å². The lowest BCUT2D eigenvalue weighted by molar-refractivity contribution is -0.769. The third kappa shape index (κ3) is 3.40. The molecule has 1 aliphatic rings. The zero-order valence-electron chi connectivity index (χ0n) is 9.61. The van der Waals surface area contributed by atoms with Gasteiger partial charge in [0.05, 0.1) is 19.3 Å². The van der Waals surface area contributed by atoms with Gasteiger partial charge in [0.2, 0.25) is 0 Å². The fraction of sp³-hybridized carbons (Fsp3) is 0.700. The molecule has 0 spiro atoms. The minimum absolute atomic E-state index is 0. The van der Waals surface area contributed by atoms with Gasteiger partial charge in [-0.05, 0) is 13.0 Å². The molecular formula is C10H19ClN2O2S. The first-order valence-corrected chi connectivity index (χ1v) is 5.60. The molecule has 2 unspecified atom stereocenters. The predicted molar refractivity (Wildman–Crippen MR) is 62.5 cm³/mol. The van der Waals surface area contributed by atoms with Gasteiger partial charge < -0.3 is 27.5 Å². The van der Waals surface area contributed by atoms with Crippen molar-refractivity contribution in [3.8, 4) is 0 Å². The Balaban J connectivity index is 0.00000225. The van der Waals surface area contributed by atoms with Crippen molar-refractivity contribution in [2.24, 2.45) is 0 Å².